The maximum Gasteiger partial charge on any atom is 0.379 e. The Kier molecular flexibility index (Phi) is 7.27. The van der Waals surface area contributed by atoms with Gasteiger partial charge in [0.25, 0.3) is 0 Å². The molecule has 204 valence electrons. The third kappa shape index (κ3) is 5.01. The molecule has 1 aliphatic heterocycles. The van der Waals surface area contributed by atoms with Gasteiger partial charge in [-0.25, -0.2) is 4.79 Å². The molecule has 3 aromatic carbocycles. The third-order valence-corrected chi connectivity index (χ3v) is 7.37. The van der Waals surface area contributed by atoms with Crippen LogP contribution in [0.4, 0.5) is 0 Å². The molecule has 4 aromatic rings. The summed E-state index contributed by atoms with van der Waals surface area (Å²) in [5, 5.41) is 10.8. The number of allylic oxidation sites excluding steroid dienone is 1. The van der Waals surface area contributed by atoms with Crippen molar-refractivity contribution in [2.24, 2.45) is 11.7 Å². The number of esters is 1. The molecule has 5 rings (SSSR count). The average molecular weight is 537 g/mol. The van der Waals surface area contributed by atoms with Gasteiger partial charge >= 0.3 is 5.97 Å². The zero-order valence-electron chi connectivity index (χ0n) is 23.3. The number of furan rings is 1. The minimum atomic E-state index is -0.606. The summed E-state index contributed by atoms with van der Waals surface area (Å²) in [4.78, 5) is 13.1. The van der Waals surface area contributed by atoms with Crippen LogP contribution in [0.1, 0.15) is 64.6 Å². The number of hydrogen-bond acceptors (Lipinski definition) is 7. The second-order valence-electron chi connectivity index (χ2n) is 10.6. The van der Waals surface area contributed by atoms with Gasteiger partial charge in [0, 0.05) is 22.6 Å². The fourth-order valence-corrected chi connectivity index (χ4v) is 4.90. The molecule has 1 aliphatic rings. The molecule has 0 saturated heterocycles. The van der Waals surface area contributed by atoms with E-state index in [2.05, 4.69) is 19.9 Å². The second-order valence-corrected chi connectivity index (χ2v) is 10.6. The van der Waals surface area contributed by atoms with Gasteiger partial charge in [0.05, 0.1) is 12.5 Å². The van der Waals surface area contributed by atoms with Crippen LogP contribution in [0.25, 0.3) is 11.0 Å². The Bertz CT molecular complexity index is 1690. The van der Waals surface area contributed by atoms with Gasteiger partial charge in [-0.2, -0.15) is 5.26 Å². The van der Waals surface area contributed by atoms with Crippen molar-refractivity contribution in [2.45, 2.75) is 47.0 Å². The molecular weight excluding hydrogens is 504 g/mol. The van der Waals surface area contributed by atoms with Crippen LogP contribution in [0, 0.1) is 38.0 Å². The lowest BCUT2D eigenvalue weighted by molar-refractivity contribution is 0.0702. The fourth-order valence-electron chi connectivity index (χ4n) is 4.90. The first-order valence-corrected chi connectivity index (χ1v) is 13.3. The Morgan fingerprint density at radius 3 is 2.60 bits per heavy atom. The van der Waals surface area contributed by atoms with Gasteiger partial charge in [-0.15, -0.1) is 0 Å². The molecular formula is C33H32N2O5. The Hall–Kier alpha value is -4.70. The number of nitrogens with two attached hydrogens (primary N) is 1. The SMILES string of the molecule is Cc1ccc2c(C)c(C(=O)Oc3ccc4c(c3)OC(N)=C(C#N)C4c3cccc(OCCC(C)C)c3)oc2c1C. The van der Waals surface area contributed by atoms with Crippen molar-refractivity contribution in [2.75, 3.05) is 6.61 Å². The zero-order valence-corrected chi connectivity index (χ0v) is 23.3. The summed E-state index contributed by atoms with van der Waals surface area (Å²) >= 11 is 0. The van der Waals surface area contributed by atoms with Crippen molar-refractivity contribution >= 4 is 16.9 Å². The van der Waals surface area contributed by atoms with E-state index in [0.29, 0.717) is 29.4 Å². The van der Waals surface area contributed by atoms with Gasteiger partial charge in [-0.05, 0) is 68.0 Å². The van der Waals surface area contributed by atoms with E-state index < -0.39 is 11.9 Å². The topological polar surface area (TPSA) is 108 Å². The van der Waals surface area contributed by atoms with E-state index in [0.717, 1.165) is 45.4 Å². The first-order chi connectivity index (χ1) is 19.2. The largest absolute Gasteiger partial charge is 0.494 e. The summed E-state index contributed by atoms with van der Waals surface area (Å²) in [6.07, 6.45) is 0.939. The molecule has 0 aliphatic carbocycles. The van der Waals surface area contributed by atoms with Crippen molar-refractivity contribution in [1.82, 2.24) is 0 Å². The van der Waals surface area contributed by atoms with Gasteiger partial charge in [0.2, 0.25) is 11.6 Å². The molecule has 0 radical (unpaired) electrons. The quantitative estimate of drug-likeness (QED) is 0.196. The first kappa shape index (κ1) is 26.9. The first-order valence-electron chi connectivity index (χ1n) is 13.3. The van der Waals surface area contributed by atoms with E-state index in [1.54, 1.807) is 18.2 Å². The van der Waals surface area contributed by atoms with E-state index in [1.807, 2.05) is 57.2 Å². The van der Waals surface area contributed by atoms with Gasteiger partial charge in [0.15, 0.2) is 0 Å². The third-order valence-electron chi connectivity index (χ3n) is 7.37. The number of nitriles is 1. The maximum absolute atomic E-state index is 13.1. The molecule has 1 unspecified atom stereocenters. The monoisotopic (exact) mass is 536 g/mol. The molecule has 1 atom stereocenters. The highest BCUT2D eigenvalue weighted by Crippen LogP contribution is 2.44. The Balaban J connectivity index is 1.44. The molecule has 0 spiro atoms. The van der Waals surface area contributed by atoms with Crippen molar-refractivity contribution < 1.29 is 23.4 Å². The van der Waals surface area contributed by atoms with E-state index >= 15 is 0 Å². The molecule has 0 saturated carbocycles. The van der Waals surface area contributed by atoms with Crippen LogP contribution in [-0.2, 0) is 0 Å². The molecule has 40 heavy (non-hydrogen) atoms. The highest BCUT2D eigenvalue weighted by molar-refractivity contribution is 5.98. The van der Waals surface area contributed by atoms with Crippen LogP contribution in [0.2, 0.25) is 0 Å². The second kappa shape index (κ2) is 10.8. The number of aryl methyl sites for hydroxylation is 3. The summed E-state index contributed by atoms with van der Waals surface area (Å²) in [7, 11) is 0. The van der Waals surface area contributed by atoms with Crippen LogP contribution in [0.5, 0.6) is 17.2 Å². The maximum atomic E-state index is 13.1. The Morgan fingerprint density at radius 2 is 1.85 bits per heavy atom. The number of hydrogen-bond donors (Lipinski definition) is 1. The number of benzene rings is 3. The van der Waals surface area contributed by atoms with Crippen LogP contribution < -0.4 is 19.9 Å². The van der Waals surface area contributed by atoms with Gasteiger partial charge < -0.3 is 24.4 Å². The molecule has 7 nitrogen and oxygen atoms in total. The summed E-state index contributed by atoms with van der Waals surface area (Å²) in [6, 6.07) is 18.9. The van der Waals surface area contributed by atoms with Crippen molar-refractivity contribution in [3.05, 3.63) is 99.6 Å². The molecule has 0 bridgehead atoms. The Morgan fingerprint density at radius 1 is 1.05 bits per heavy atom. The standard InChI is InChI=1S/C33H32N2O5/c1-18(2)13-14-37-23-8-6-7-22(15-23)29-26-12-10-24(16-28(26)39-32(35)27(29)17-34)38-33(36)31-21(5)25-11-9-19(3)20(4)30(25)40-31/h6-12,15-16,18,29H,13-14,35H2,1-5H3. The molecule has 1 aromatic heterocycles. The molecule has 0 amide bonds. The van der Waals surface area contributed by atoms with Crippen molar-refractivity contribution in [1.29, 1.82) is 5.26 Å². The summed E-state index contributed by atoms with van der Waals surface area (Å²) in [5.41, 5.74) is 11.5. The van der Waals surface area contributed by atoms with E-state index in [9.17, 15) is 10.1 Å². The zero-order chi connectivity index (χ0) is 28.6. The lowest BCUT2D eigenvalue weighted by atomic mass is 9.83. The number of ether oxygens (including phenoxy) is 3. The summed E-state index contributed by atoms with van der Waals surface area (Å²) in [5.74, 6) is 1.03. The highest BCUT2D eigenvalue weighted by atomic mass is 16.5. The number of nitrogens with zero attached hydrogens (tertiary/aromatic N) is 1. The normalized spacial score (nSPS) is 14.6. The Labute approximate surface area is 233 Å². The van der Waals surface area contributed by atoms with E-state index in [1.165, 1.54) is 0 Å². The predicted octanol–water partition coefficient (Wildman–Crippen LogP) is 7.22. The summed E-state index contributed by atoms with van der Waals surface area (Å²) < 4.78 is 23.4. The number of rotatable bonds is 7. The van der Waals surface area contributed by atoms with Gasteiger partial charge in [-0.1, -0.05) is 44.2 Å². The molecule has 2 heterocycles. The molecule has 0 fully saturated rings. The summed E-state index contributed by atoms with van der Waals surface area (Å²) in [6.45, 7) is 10.7. The van der Waals surface area contributed by atoms with Crippen molar-refractivity contribution in [3.63, 3.8) is 0 Å². The van der Waals surface area contributed by atoms with Gasteiger partial charge in [-0.3, -0.25) is 0 Å². The highest BCUT2D eigenvalue weighted by Gasteiger charge is 2.31. The van der Waals surface area contributed by atoms with Crippen LogP contribution in [0.15, 0.2) is 70.5 Å². The fraction of sp³-hybridized carbons (Fsp3) is 0.273. The predicted molar refractivity (Wildman–Crippen MR) is 153 cm³/mol. The minimum Gasteiger partial charge on any atom is -0.494 e. The van der Waals surface area contributed by atoms with Crippen LogP contribution in [-0.4, -0.2) is 12.6 Å². The van der Waals surface area contributed by atoms with Crippen LogP contribution in [0.3, 0.4) is 0 Å². The van der Waals surface area contributed by atoms with Gasteiger partial charge in [0.1, 0.15) is 34.5 Å². The lowest BCUT2D eigenvalue weighted by Gasteiger charge is -2.27. The average Bonchev–Trinajstić information content (AvgIpc) is 3.26. The molecule has 2 N–H and O–H groups in total. The van der Waals surface area contributed by atoms with E-state index in [4.69, 9.17) is 24.4 Å². The lowest BCUT2D eigenvalue weighted by Crippen LogP contribution is -2.21. The minimum absolute atomic E-state index is 0.00794. The number of carbonyl (C=O) groups excluding carboxylic acids is 1. The molecule has 7 heteroatoms. The smallest absolute Gasteiger partial charge is 0.379 e. The number of fused-ring (bicyclic) bond motifs is 2. The number of carbonyl (C=O) groups is 1. The van der Waals surface area contributed by atoms with Crippen LogP contribution >= 0.6 is 0 Å². The van der Waals surface area contributed by atoms with E-state index in [-0.39, 0.29) is 17.4 Å². The van der Waals surface area contributed by atoms with Crippen molar-refractivity contribution in [3.8, 4) is 23.3 Å².